The van der Waals surface area contributed by atoms with E-state index >= 15 is 0 Å². The number of hydrogen-bond acceptors (Lipinski definition) is 5. The second-order valence-electron chi connectivity index (χ2n) is 11.1. The Balaban J connectivity index is 1.53. The number of ether oxygens (including phenoxy) is 1. The van der Waals surface area contributed by atoms with E-state index < -0.39 is 11.6 Å². The van der Waals surface area contributed by atoms with Crippen LogP contribution in [-0.4, -0.2) is 54.4 Å². The van der Waals surface area contributed by atoms with Crippen LogP contribution in [0, 0.1) is 11.6 Å². The molecule has 0 atom stereocenters. The molecule has 6 nitrogen and oxygen atoms in total. The van der Waals surface area contributed by atoms with Gasteiger partial charge in [0.15, 0.2) is 0 Å². The van der Waals surface area contributed by atoms with E-state index in [9.17, 15) is 18.4 Å². The number of methoxy groups -OCH3 is 1. The molecule has 1 aromatic heterocycles. The first-order valence-electron chi connectivity index (χ1n) is 14.3. The molecule has 1 aliphatic rings. The van der Waals surface area contributed by atoms with Crippen LogP contribution in [0.4, 0.5) is 14.5 Å². The van der Waals surface area contributed by atoms with E-state index in [2.05, 4.69) is 0 Å². The van der Waals surface area contributed by atoms with Crippen LogP contribution in [0.2, 0.25) is 5.02 Å². The number of benzene rings is 3. The van der Waals surface area contributed by atoms with Crippen molar-refractivity contribution in [2.45, 2.75) is 51.2 Å². The molecule has 0 saturated heterocycles. The average molecular weight is 661 g/mol. The summed E-state index contributed by atoms with van der Waals surface area (Å²) in [5.74, 6) is -1.15. The Kier molecular flexibility index (Phi) is 9.80. The first kappa shape index (κ1) is 32.2. The van der Waals surface area contributed by atoms with E-state index in [1.165, 1.54) is 6.92 Å². The van der Waals surface area contributed by atoms with Gasteiger partial charge in [0.25, 0.3) is 5.91 Å². The van der Waals surface area contributed by atoms with E-state index in [4.69, 9.17) is 28.1 Å². The summed E-state index contributed by atoms with van der Waals surface area (Å²) in [5, 5.41) is -0.159. The molecule has 0 N–H and O–H groups in total. The number of hydrogen-bond donors (Lipinski definition) is 0. The van der Waals surface area contributed by atoms with Crippen LogP contribution in [0.15, 0.2) is 54.6 Å². The van der Waals surface area contributed by atoms with Gasteiger partial charge >= 0.3 is 0 Å². The fraction of sp³-hybridized carbons (Fsp3) is 0.333. The van der Waals surface area contributed by atoms with Crippen LogP contribution in [0.1, 0.15) is 47.8 Å². The number of halogens is 4. The fourth-order valence-electron chi connectivity index (χ4n) is 5.78. The number of nitrogens with zero attached hydrogens (tertiary/aromatic N) is 3. The number of anilines is 1. The largest absolute Gasteiger partial charge is 0.496 e. The molecule has 0 spiro atoms. The summed E-state index contributed by atoms with van der Waals surface area (Å²) in [6.45, 7) is 1.71. The molecular weight excluding hydrogens is 627 g/mol. The maximum Gasteiger partial charge on any atom is 0.266 e. The van der Waals surface area contributed by atoms with Crippen molar-refractivity contribution in [2.24, 2.45) is 0 Å². The molecule has 1 fully saturated rings. The lowest BCUT2D eigenvalue weighted by Gasteiger charge is -2.38. The number of amides is 2. The molecule has 1 aliphatic carbocycles. The smallest absolute Gasteiger partial charge is 0.266 e. The maximum atomic E-state index is 14.7. The Hall–Kier alpha value is -3.24. The normalized spacial score (nSPS) is 16.8. The number of rotatable bonds is 8. The van der Waals surface area contributed by atoms with Crippen LogP contribution in [-0.2, 0) is 11.3 Å². The molecule has 0 unspecified atom stereocenters. The lowest BCUT2D eigenvalue weighted by Crippen LogP contribution is -2.44. The van der Waals surface area contributed by atoms with Crippen molar-refractivity contribution in [3.8, 4) is 16.9 Å². The number of carbonyl (C=O) groups excluding carboxylic acids is 2. The minimum atomic E-state index is -0.672. The van der Waals surface area contributed by atoms with Gasteiger partial charge in [0.05, 0.1) is 22.2 Å². The zero-order valence-electron chi connectivity index (χ0n) is 24.9. The number of thiophene rings is 1. The van der Waals surface area contributed by atoms with E-state index in [-0.39, 0.29) is 50.4 Å². The molecule has 3 aromatic carbocycles. The van der Waals surface area contributed by atoms with Crippen molar-refractivity contribution in [2.75, 3.05) is 26.1 Å². The van der Waals surface area contributed by atoms with Crippen LogP contribution < -0.4 is 9.64 Å². The Morgan fingerprint density at radius 1 is 0.932 bits per heavy atom. The van der Waals surface area contributed by atoms with E-state index in [1.807, 2.05) is 49.5 Å². The van der Waals surface area contributed by atoms with Gasteiger partial charge in [-0.3, -0.25) is 9.59 Å². The van der Waals surface area contributed by atoms with E-state index in [0.717, 1.165) is 58.7 Å². The van der Waals surface area contributed by atoms with Crippen LogP contribution in [0.25, 0.3) is 21.2 Å². The van der Waals surface area contributed by atoms with Gasteiger partial charge < -0.3 is 14.5 Å². The van der Waals surface area contributed by atoms with Gasteiger partial charge in [-0.1, -0.05) is 29.8 Å². The highest BCUT2D eigenvalue weighted by atomic mass is 35.5. The highest BCUT2D eigenvalue weighted by Gasteiger charge is 2.34. The van der Waals surface area contributed by atoms with Crippen molar-refractivity contribution in [3.63, 3.8) is 0 Å². The molecule has 4 aromatic rings. The van der Waals surface area contributed by atoms with Crippen LogP contribution >= 0.6 is 34.7 Å². The lowest BCUT2D eigenvalue weighted by atomic mass is 9.89. The summed E-state index contributed by atoms with van der Waals surface area (Å²) < 4.78 is 36.8. The SMILES string of the molecule is COc1ccc(-c2ccc(N(C)C(C)=O)cc2)cc1CN(C(=O)c1sc2c(F)ccc(F)c2c1Cl)C1CCC(N(C)Cl)CC1. The standard InChI is InChI=1S/C33H33Cl2F2N3O3S/c1-19(41)38(2)23-8-5-20(6-9-23)21-7-16-28(43-4)22(17-21)18-40(25-12-10-24(11-13-25)39(3)35)33(42)32-30(34)29-26(36)14-15-27(37)31(29)44-32/h5-9,14-17,24-25H,10-13,18H2,1-4H3. The molecule has 0 bridgehead atoms. The molecule has 232 valence electrons. The van der Waals surface area contributed by atoms with Gasteiger partial charge in [0.1, 0.15) is 22.3 Å². The summed E-state index contributed by atoms with van der Waals surface area (Å²) >= 11 is 13.7. The highest BCUT2D eigenvalue weighted by molar-refractivity contribution is 7.21. The van der Waals surface area contributed by atoms with Gasteiger partial charge in [-0.25, -0.2) is 13.2 Å². The molecule has 11 heteroatoms. The predicted molar refractivity (Wildman–Crippen MR) is 174 cm³/mol. The first-order valence-corrected chi connectivity index (χ1v) is 15.8. The summed E-state index contributed by atoms with van der Waals surface area (Å²) in [4.78, 5) is 29.5. The lowest BCUT2D eigenvalue weighted by molar-refractivity contribution is -0.116. The van der Waals surface area contributed by atoms with Gasteiger partial charge in [-0.15, -0.1) is 11.3 Å². The number of carbonyl (C=O) groups is 2. The summed E-state index contributed by atoms with van der Waals surface area (Å²) in [6.07, 6.45) is 2.98. The van der Waals surface area contributed by atoms with Crippen molar-refractivity contribution < 1.29 is 23.1 Å². The van der Waals surface area contributed by atoms with Crippen molar-refractivity contribution in [1.29, 1.82) is 0 Å². The van der Waals surface area contributed by atoms with Crippen LogP contribution in [0.3, 0.4) is 0 Å². The maximum absolute atomic E-state index is 14.7. The summed E-state index contributed by atoms with van der Waals surface area (Å²) in [6, 6.07) is 15.5. The minimum absolute atomic E-state index is 0.0178. The second kappa shape index (κ2) is 13.4. The topological polar surface area (TPSA) is 53.1 Å². The fourth-order valence-corrected chi connectivity index (χ4v) is 7.48. The third-order valence-corrected chi connectivity index (χ3v) is 10.4. The van der Waals surface area contributed by atoms with Crippen molar-refractivity contribution in [3.05, 3.63) is 81.7 Å². The number of fused-ring (bicyclic) bond motifs is 1. The molecule has 1 heterocycles. The molecule has 5 rings (SSSR count). The van der Waals surface area contributed by atoms with E-state index in [1.54, 1.807) is 28.4 Å². The van der Waals surface area contributed by atoms with E-state index in [0.29, 0.717) is 18.6 Å². The highest BCUT2D eigenvalue weighted by Crippen LogP contribution is 2.41. The zero-order chi connectivity index (χ0) is 31.7. The third-order valence-electron chi connectivity index (χ3n) is 8.43. The molecular formula is C33H33Cl2F2N3O3S. The Morgan fingerprint density at radius 2 is 1.55 bits per heavy atom. The van der Waals surface area contributed by atoms with Crippen molar-refractivity contribution in [1.82, 2.24) is 9.32 Å². The quantitative estimate of drug-likeness (QED) is 0.178. The van der Waals surface area contributed by atoms with Gasteiger partial charge in [0.2, 0.25) is 5.91 Å². The van der Waals surface area contributed by atoms with Crippen LogP contribution in [0.5, 0.6) is 5.75 Å². The first-order chi connectivity index (χ1) is 21.0. The monoisotopic (exact) mass is 659 g/mol. The third kappa shape index (κ3) is 6.42. The minimum Gasteiger partial charge on any atom is -0.496 e. The van der Waals surface area contributed by atoms with Gasteiger partial charge in [-0.05, 0) is 85.0 Å². The Bertz CT molecular complexity index is 1690. The molecule has 2 amide bonds. The molecule has 44 heavy (non-hydrogen) atoms. The molecule has 1 saturated carbocycles. The summed E-state index contributed by atoms with van der Waals surface area (Å²) in [7, 11) is 5.13. The van der Waals surface area contributed by atoms with Gasteiger partial charge in [-0.2, -0.15) is 0 Å². The van der Waals surface area contributed by atoms with Gasteiger partial charge in [0, 0.05) is 50.9 Å². The Morgan fingerprint density at radius 3 is 2.14 bits per heavy atom. The molecule has 0 radical (unpaired) electrons. The Labute approximate surface area is 269 Å². The average Bonchev–Trinajstić information content (AvgIpc) is 3.39. The zero-order valence-corrected chi connectivity index (χ0v) is 27.2. The predicted octanol–water partition coefficient (Wildman–Crippen LogP) is 8.53. The second-order valence-corrected chi connectivity index (χ2v) is 13.0. The van der Waals surface area contributed by atoms with Crippen molar-refractivity contribution >= 4 is 62.3 Å². The molecule has 0 aliphatic heterocycles. The summed E-state index contributed by atoms with van der Waals surface area (Å²) in [5.41, 5.74) is 3.38.